The highest BCUT2D eigenvalue weighted by Gasteiger charge is 2.33. The zero-order valence-electron chi connectivity index (χ0n) is 14.9. The monoisotopic (exact) mass is 346 g/mol. The molecule has 26 heavy (non-hydrogen) atoms. The Morgan fingerprint density at radius 1 is 1.35 bits per heavy atom. The molecule has 1 N–H and O–H groups in total. The minimum atomic E-state index is -0.442. The average Bonchev–Trinajstić information content (AvgIpc) is 2.97. The van der Waals surface area contributed by atoms with Crippen LogP contribution in [0.1, 0.15) is 48.1 Å². The smallest absolute Gasteiger partial charge is 0.238 e. The number of hydrogen-bond donors (Lipinski definition) is 1. The number of carbonyl (C=O) groups is 1. The van der Waals surface area contributed by atoms with Crippen molar-refractivity contribution in [3.05, 3.63) is 58.9 Å². The molecule has 0 saturated carbocycles. The number of piperidine rings is 1. The van der Waals surface area contributed by atoms with Crippen molar-refractivity contribution in [1.82, 2.24) is 9.88 Å². The fourth-order valence-electron chi connectivity index (χ4n) is 4.01. The Morgan fingerprint density at radius 3 is 2.96 bits per heavy atom. The second-order valence-electron chi connectivity index (χ2n) is 7.41. The first-order chi connectivity index (χ1) is 12.6. The molecule has 132 valence electrons. The quantitative estimate of drug-likeness (QED) is 0.926. The van der Waals surface area contributed by atoms with Crippen molar-refractivity contribution < 1.29 is 4.79 Å². The highest BCUT2D eigenvalue weighted by atomic mass is 16.2. The molecular weight excluding hydrogens is 324 g/mol. The lowest BCUT2D eigenvalue weighted by molar-refractivity contribution is -0.116. The molecule has 5 nitrogen and oxygen atoms in total. The Balaban J connectivity index is 1.54. The van der Waals surface area contributed by atoms with Crippen molar-refractivity contribution in [3.63, 3.8) is 0 Å². The van der Waals surface area contributed by atoms with Crippen LogP contribution in [-0.2, 0) is 11.3 Å². The van der Waals surface area contributed by atoms with E-state index in [9.17, 15) is 4.79 Å². The third kappa shape index (κ3) is 3.21. The number of likely N-dealkylation sites (tertiary alicyclic amines) is 1. The highest BCUT2D eigenvalue weighted by molar-refractivity contribution is 6.04. The minimum absolute atomic E-state index is 0.0832. The van der Waals surface area contributed by atoms with Gasteiger partial charge in [0.2, 0.25) is 5.91 Å². The zero-order valence-corrected chi connectivity index (χ0v) is 14.9. The lowest BCUT2D eigenvalue weighted by Gasteiger charge is -2.30. The van der Waals surface area contributed by atoms with Gasteiger partial charge in [-0.1, -0.05) is 13.0 Å². The van der Waals surface area contributed by atoms with Crippen LogP contribution < -0.4 is 5.32 Å². The topological polar surface area (TPSA) is 69.0 Å². The molecule has 2 aliphatic rings. The molecule has 1 saturated heterocycles. The predicted molar refractivity (Wildman–Crippen MR) is 99.5 cm³/mol. The van der Waals surface area contributed by atoms with E-state index in [2.05, 4.69) is 34.3 Å². The minimum Gasteiger partial charge on any atom is -0.325 e. The number of nitrogens with one attached hydrogen (secondary N) is 1. The van der Waals surface area contributed by atoms with E-state index in [1.54, 1.807) is 18.2 Å². The number of aromatic nitrogens is 1. The Labute approximate surface area is 153 Å². The number of amides is 1. The standard InChI is InChI=1S/C21H22N4O/c1-14-3-2-8-25(12-14)13-16-5-7-19(23-11-16)20-17-9-15(10-22)4-6-18(17)24-21(20)26/h4-7,9,11,14,20H,2-3,8,12-13H2,1H3,(H,24,26). The number of nitriles is 1. The van der Waals surface area contributed by atoms with Crippen LogP contribution in [0.3, 0.4) is 0 Å². The number of anilines is 1. The molecule has 1 amide bonds. The maximum absolute atomic E-state index is 12.4. The lowest BCUT2D eigenvalue weighted by atomic mass is 9.95. The van der Waals surface area contributed by atoms with Gasteiger partial charge in [-0.25, -0.2) is 0 Å². The first-order valence-corrected chi connectivity index (χ1v) is 9.16. The fraction of sp³-hybridized carbons (Fsp3) is 0.381. The maximum atomic E-state index is 12.4. The van der Waals surface area contributed by atoms with Crippen LogP contribution in [-0.4, -0.2) is 28.9 Å². The van der Waals surface area contributed by atoms with E-state index >= 15 is 0 Å². The summed E-state index contributed by atoms with van der Waals surface area (Å²) in [4.78, 5) is 19.5. The molecule has 2 aliphatic heterocycles. The van der Waals surface area contributed by atoms with E-state index < -0.39 is 5.92 Å². The molecule has 1 fully saturated rings. The van der Waals surface area contributed by atoms with Gasteiger partial charge in [-0.15, -0.1) is 0 Å². The highest BCUT2D eigenvalue weighted by Crippen LogP contribution is 2.36. The summed E-state index contributed by atoms with van der Waals surface area (Å²) in [6.07, 6.45) is 4.45. The molecule has 0 spiro atoms. The van der Waals surface area contributed by atoms with Crippen LogP contribution in [0, 0.1) is 17.2 Å². The molecule has 0 aliphatic carbocycles. The van der Waals surface area contributed by atoms with Crippen molar-refractivity contribution in [3.8, 4) is 6.07 Å². The summed E-state index contributed by atoms with van der Waals surface area (Å²) in [5.74, 6) is 0.228. The Morgan fingerprint density at radius 2 is 2.23 bits per heavy atom. The van der Waals surface area contributed by atoms with Gasteiger partial charge in [0.15, 0.2) is 0 Å². The van der Waals surface area contributed by atoms with Crippen molar-refractivity contribution in [2.75, 3.05) is 18.4 Å². The van der Waals surface area contributed by atoms with Crippen LogP contribution >= 0.6 is 0 Å². The van der Waals surface area contributed by atoms with Crippen molar-refractivity contribution in [1.29, 1.82) is 5.26 Å². The van der Waals surface area contributed by atoms with Crippen molar-refractivity contribution in [2.45, 2.75) is 32.2 Å². The molecule has 2 atom stereocenters. The summed E-state index contributed by atoms with van der Waals surface area (Å²) in [7, 11) is 0. The van der Waals surface area contributed by atoms with Gasteiger partial charge in [0.05, 0.1) is 17.3 Å². The Kier molecular flexibility index (Phi) is 4.44. The normalized spacial score (nSPS) is 22.5. The molecule has 1 aromatic heterocycles. The fourth-order valence-corrected chi connectivity index (χ4v) is 4.01. The van der Waals surface area contributed by atoms with Gasteiger partial charge in [0.25, 0.3) is 0 Å². The van der Waals surface area contributed by atoms with Gasteiger partial charge < -0.3 is 5.32 Å². The number of carbonyl (C=O) groups excluding carboxylic acids is 1. The largest absolute Gasteiger partial charge is 0.325 e. The zero-order chi connectivity index (χ0) is 18.1. The molecule has 1 aromatic carbocycles. The van der Waals surface area contributed by atoms with Gasteiger partial charge in [-0.2, -0.15) is 5.26 Å². The summed E-state index contributed by atoms with van der Waals surface area (Å²) >= 11 is 0. The first-order valence-electron chi connectivity index (χ1n) is 9.16. The third-order valence-corrected chi connectivity index (χ3v) is 5.30. The van der Waals surface area contributed by atoms with E-state index in [0.29, 0.717) is 5.56 Å². The number of nitrogens with zero attached hydrogens (tertiary/aromatic N) is 3. The summed E-state index contributed by atoms with van der Waals surface area (Å²) in [6, 6.07) is 11.4. The maximum Gasteiger partial charge on any atom is 0.238 e. The van der Waals surface area contributed by atoms with Crippen molar-refractivity contribution >= 4 is 11.6 Å². The van der Waals surface area contributed by atoms with Crippen LogP contribution in [0.4, 0.5) is 5.69 Å². The number of hydrogen-bond acceptors (Lipinski definition) is 4. The lowest BCUT2D eigenvalue weighted by Crippen LogP contribution is -2.33. The second-order valence-corrected chi connectivity index (χ2v) is 7.41. The summed E-state index contributed by atoms with van der Waals surface area (Å²) in [5, 5.41) is 12.0. The van der Waals surface area contributed by atoms with Gasteiger partial charge in [0.1, 0.15) is 5.92 Å². The van der Waals surface area contributed by atoms with Gasteiger partial charge in [-0.3, -0.25) is 14.7 Å². The number of pyridine rings is 1. The molecule has 2 aromatic rings. The molecule has 3 heterocycles. The van der Waals surface area contributed by atoms with Crippen LogP contribution in [0.2, 0.25) is 0 Å². The van der Waals surface area contributed by atoms with Gasteiger partial charge >= 0.3 is 0 Å². The summed E-state index contributed by atoms with van der Waals surface area (Å²) in [5.41, 5.74) is 4.06. The van der Waals surface area contributed by atoms with E-state index in [0.717, 1.165) is 42.5 Å². The number of benzene rings is 1. The molecule has 4 rings (SSSR count). The van der Waals surface area contributed by atoms with E-state index in [-0.39, 0.29) is 5.91 Å². The van der Waals surface area contributed by atoms with Crippen LogP contribution in [0.15, 0.2) is 36.5 Å². The Bertz CT molecular complexity index is 869. The average molecular weight is 346 g/mol. The first kappa shape index (κ1) is 16.7. The number of fused-ring (bicyclic) bond motifs is 1. The van der Waals surface area contributed by atoms with Gasteiger partial charge in [-0.05, 0) is 60.7 Å². The predicted octanol–water partition coefficient (Wildman–Crippen LogP) is 3.27. The van der Waals surface area contributed by atoms with Crippen molar-refractivity contribution in [2.24, 2.45) is 5.92 Å². The van der Waals surface area contributed by atoms with Gasteiger partial charge in [0, 0.05) is 25.0 Å². The molecule has 0 bridgehead atoms. The molecule has 0 radical (unpaired) electrons. The Hall–Kier alpha value is -2.71. The summed E-state index contributed by atoms with van der Waals surface area (Å²) in [6.45, 7) is 5.49. The number of rotatable bonds is 3. The van der Waals surface area contributed by atoms with Crippen LogP contribution in [0.5, 0.6) is 0 Å². The summed E-state index contributed by atoms with van der Waals surface area (Å²) < 4.78 is 0. The van der Waals surface area contributed by atoms with E-state index in [4.69, 9.17) is 5.26 Å². The third-order valence-electron chi connectivity index (χ3n) is 5.30. The van der Waals surface area contributed by atoms with E-state index in [1.165, 1.54) is 18.4 Å². The SMILES string of the molecule is CC1CCCN(Cc2ccc(C3C(=O)Nc4ccc(C#N)cc43)nc2)C1. The molecule has 2 unspecified atom stereocenters. The van der Waals surface area contributed by atoms with Crippen LogP contribution in [0.25, 0.3) is 0 Å². The van der Waals surface area contributed by atoms with E-state index in [1.807, 2.05) is 12.3 Å². The second kappa shape index (κ2) is 6.89. The molecule has 5 heteroatoms. The molecular formula is C21H22N4O.